The van der Waals surface area contributed by atoms with Gasteiger partial charge in [-0.15, -0.1) is 0 Å². The van der Waals surface area contributed by atoms with Gasteiger partial charge in [-0.1, -0.05) is 6.07 Å². The molecule has 5 heteroatoms. The molecule has 21 heavy (non-hydrogen) atoms. The van der Waals surface area contributed by atoms with Gasteiger partial charge in [-0.2, -0.15) is 5.26 Å². The lowest BCUT2D eigenvalue weighted by molar-refractivity contribution is 0.208. The van der Waals surface area contributed by atoms with E-state index in [0.29, 0.717) is 6.42 Å². The van der Waals surface area contributed by atoms with E-state index in [1.165, 1.54) is 4.90 Å². The van der Waals surface area contributed by atoms with Crippen LogP contribution >= 0.6 is 0 Å². The SMILES string of the molecule is C[C@@H](CC#N)N(C)C(=O)Nc1cccc(-n2cccc2)c1. The van der Waals surface area contributed by atoms with Gasteiger partial charge in [0.15, 0.2) is 0 Å². The molecule has 108 valence electrons. The quantitative estimate of drug-likeness (QED) is 0.935. The highest BCUT2D eigenvalue weighted by Gasteiger charge is 2.15. The Morgan fingerprint density at radius 1 is 1.38 bits per heavy atom. The lowest BCUT2D eigenvalue weighted by Crippen LogP contribution is -2.38. The summed E-state index contributed by atoms with van der Waals surface area (Å²) in [7, 11) is 1.69. The third-order valence-electron chi connectivity index (χ3n) is 3.37. The third-order valence-corrected chi connectivity index (χ3v) is 3.37. The van der Waals surface area contributed by atoms with E-state index in [0.717, 1.165) is 11.4 Å². The molecule has 0 aliphatic rings. The van der Waals surface area contributed by atoms with Gasteiger partial charge in [0.25, 0.3) is 0 Å². The Kier molecular flexibility index (Phi) is 4.62. The number of anilines is 1. The summed E-state index contributed by atoms with van der Waals surface area (Å²) >= 11 is 0. The monoisotopic (exact) mass is 282 g/mol. The zero-order chi connectivity index (χ0) is 15.2. The van der Waals surface area contributed by atoms with Crippen LogP contribution in [0.15, 0.2) is 48.8 Å². The van der Waals surface area contributed by atoms with Crippen molar-refractivity contribution in [3.63, 3.8) is 0 Å². The van der Waals surface area contributed by atoms with Crippen molar-refractivity contribution in [2.24, 2.45) is 0 Å². The maximum absolute atomic E-state index is 12.1. The van der Waals surface area contributed by atoms with Gasteiger partial charge in [0, 0.05) is 36.9 Å². The van der Waals surface area contributed by atoms with Crippen LogP contribution in [0.25, 0.3) is 5.69 Å². The van der Waals surface area contributed by atoms with Crippen LogP contribution in [-0.4, -0.2) is 28.6 Å². The van der Waals surface area contributed by atoms with Crippen LogP contribution in [0.2, 0.25) is 0 Å². The molecule has 0 spiro atoms. The lowest BCUT2D eigenvalue weighted by Gasteiger charge is -2.23. The van der Waals surface area contributed by atoms with E-state index in [9.17, 15) is 4.79 Å². The summed E-state index contributed by atoms with van der Waals surface area (Å²) in [6.07, 6.45) is 4.21. The molecule has 1 aromatic heterocycles. The number of carbonyl (C=O) groups excluding carboxylic acids is 1. The maximum atomic E-state index is 12.1. The smallest absolute Gasteiger partial charge is 0.321 e. The average molecular weight is 282 g/mol. The zero-order valence-corrected chi connectivity index (χ0v) is 12.2. The Balaban J connectivity index is 2.08. The maximum Gasteiger partial charge on any atom is 0.321 e. The molecule has 1 aromatic carbocycles. The third kappa shape index (κ3) is 3.63. The summed E-state index contributed by atoms with van der Waals surface area (Å²) < 4.78 is 1.97. The van der Waals surface area contributed by atoms with E-state index < -0.39 is 0 Å². The molecule has 2 amide bonds. The summed E-state index contributed by atoms with van der Waals surface area (Å²) in [4.78, 5) is 13.7. The summed E-state index contributed by atoms with van der Waals surface area (Å²) in [6, 6.07) is 13.2. The summed E-state index contributed by atoms with van der Waals surface area (Å²) in [6.45, 7) is 1.85. The van der Waals surface area contributed by atoms with Gasteiger partial charge < -0.3 is 14.8 Å². The summed E-state index contributed by atoms with van der Waals surface area (Å²) in [5, 5.41) is 11.5. The van der Waals surface area contributed by atoms with Crippen LogP contribution in [-0.2, 0) is 0 Å². The molecular formula is C16H18N4O. The van der Waals surface area contributed by atoms with E-state index in [-0.39, 0.29) is 12.1 Å². The number of carbonyl (C=O) groups is 1. The first kappa shape index (κ1) is 14.7. The van der Waals surface area contributed by atoms with E-state index >= 15 is 0 Å². The number of benzene rings is 1. The van der Waals surface area contributed by atoms with Gasteiger partial charge in [0.1, 0.15) is 0 Å². The Hall–Kier alpha value is -2.74. The molecule has 1 N–H and O–H groups in total. The first-order chi connectivity index (χ1) is 10.1. The summed E-state index contributed by atoms with van der Waals surface area (Å²) in [5.41, 5.74) is 1.70. The van der Waals surface area contributed by atoms with Gasteiger partial charge in [-0.25, -0.2) is 4.79 Å². The fraction of sp³-hybridized carbons (Fsp3) is 0.250. The Morgan fingerprint density at radius 3 is 2.76 bits per heavy atom. The Morgan fingerprint density at radius 2 is 2.10 bits per heavy atom. The molecule has 2 aromatic rings. The molecule has 0 unspecified atom stereocenters. The van der Waals surface area contributed by atoms with Crippen LogP contribution in [0.5, 0.6) is 0 Å². The number of nitriles is 1. The van der Waals surface area contributed by atoms with Crippen LogP contribution in [0, 0.1) is 11.3 Å². The molecular weight excluding hydrogens is 264 g/mol. The van der Waals surface area contributed by atoms with Crippen molar-refractivity contribution in [1.82, 2.24) is 9.47 Å². The zero-order valence-electron chi connectivity index (χ0n) is 12.2. The highest BCUT2D eigenvalue weighted by Crippen LogP contribution is 2.15. The topological polar surface area (TPSA) is 61.1 Å². The van der Waals surface area contributed by atoms with Crippen molar-refractivity contribution in [1.29, 1.82) is 5.26 Å². The molecule has 2 rings (SSSR count). The molecule has 0 saturated heterocycles. The fourth-order valence-corrected chi connectivity index (χ4v) is 1.93. The second kappa shape index (κ2) is 6.62. The van der Waals surface area contributed by atoms with Crippen molar-refractivity contribution in [2.45, 2.75) is 19.4 Å². The minimum Gasteiger partial charge on any atom is -0.324 e. The van der Waals surface area contributed by atoms with Crippen LogP contribution in [0.1, 0.15) is 13.3 Å². The van der Waals surface area contributed by atoms with Gasteiger partial charge in [-0.3, -0.25) is 0 Å². The minimum atomic E-state index is -0.220. The molecule has 0 saturated carbocycles. The van der Waals surface area contributed by atoms with Gasteiger partial charge in [-0.05, 0) is 37.3 Å². The molecule has 1 heterocycles. The van der Waals surface area contributed by atoms with Gasteiger partial charge in [0.05, 0.1) is 12.5 Å². The number of nitrogens with zero attached hydrogens (tertiary/aromatic N) is 3. The Labute approximate surface area is 124 Å². The fourth-order valence-electron chi connectivity index (χ4n) is 1.93. The largest absolute Gasteiger partial charge is 0.324 e. The molecule has 0 aliphatic heterocycles. The number of amides is 2. The predicted octanol–water partition coefficient (Wildman–Crippen LogP) is 3.24. The second-order valence-electron chi connectivity index (χ2n) is 4.89. The molecule has 0 radical (unpaired) electrons. The van der Waals surface area contributed by atoms with E-state index in [1.54, 1.807) is 7.05 Å². The van der Waals surface area contributed by atoms with Crippen LogP contribution in [0.4, 0.5) is 10.5 Å². The average Bonchev–Trinajstić information content (AvgIpc) is 3.01. The molecule has 1 atom stereocenters. The first-order valence-electron chi connectivity index (χ1n) is 6.76. The standard InChI is InChI=1S/C16H18N4O/c1-13(8-9-17)19(2)16(21)18-14-6-5-7-15(12-14)20-10-3-4-11-20/h3-7,10-13H,8H2,1-2H3,(H,18,21)/t13-/m0/s1. The normalized spacial score (nSPS) is 11.5. The van der Waals surface area contributed by atoms with Crippen LogP contribution < -0.4 is 5.32 Å². The van der Waals surface area contributed by atoms with Gasteiger partial charge >= 0.3 is 6.03 Å². The Bertz CT molecular complexity index is 643. The highest BCUT2D eigenvalue weighted by atomic mass is 16.2. The van der Waals surface area contributed by atoms with Crippen molar-refractivity contribution in [3.8, 4) is 11.8 Å². The lowest BCUT2D eigenvalue weighted by atomic mass is 10.2. The van der Waals surface area contributed by atoms with E-state index in [4.69, 9.17) is 5.26 Å². The molecule has 5 nitrogen and oxygen atoms in total. The molecule has 0 bridgehead atoms. The number of urea groups is 1. The minimum absolute atomic E-state index is 0.123. The van der Waals surface area contributed by atoms with Crippen molar-refractivity contribution >= 4 is 11.7 Å². The highest BCUT2D eigenvalue weighted by molar-refractivity contribution is 5.89. The van der Waals surface area contributed by atoms with Crippen molar-refractivity contribution in [3.05, 3.63) is 48.8 Å². The number of rotatable bonds is 4. The van der Waals surface area contributed by atoms with Crippen molar-refractivity contribution < 1.29 is 4.79 Å². The first-order valence-corrected chi connectivity index (χ1v) is 6.76. The summed E-state index contributed by atoms with van der Waals surface area (Å²) in [5.74, 6) is 0. The molecule has 0 aliphatic carbocycles. The van der Waals surface area contributed by atoms with E-state index in [2.05, 4.69) is 11.4 Å². The van der Waals surface area contributed by atoms with Gasteiger partial charge in [0.2, 0.25) is 0 Å². The number of hydrogen-bond acceptors (Lipinski definition) is 2. The second-order valence-corrected chi connectivity index (χ2v) is 4.89. The predicted molar refractivity (Wildman–Crippen MR) is 82.2 cm³/mol. The number of nitrogens with one attached hydrogen (secondary N) is 1. The van der Waals surface area contributed by atoms with Crippen LogP contribution in [0.3, 0.4) is 0 Å². The van der Waals surface area contributed by atoms with Crippen molar-refractivity contribution in [2.75, 3.05) is 12.4 Å². The molecule has 0 fully saturated rings. The number of aromatic nitrogens is 1. The van der Waals surface area contributed by atoms with E-state index in [1.807, 2.05) is 60.3 Å². The number of hydrogen-bond donors (Lipinski definition) is 1.